The first kappa shape index (κ1) is 17.1. The molecule has 0 amide bonds. The van der Waals surface area contributed by atoms with Gasteiger partial charge in [-0.15, -0.1) is 0 Å². The lowest BCUT2D eigenvalue weighted by molar-refractivity contribution is -0.156. The van der Waals surface area contributed by atoms with Crippen LogP contribution in [0.5, 0.6) is 0 Å². The summed E-state index contributed by atoms with van der Waals surface area (Å²) in [6.07, 6.45) is 5.94. The van der Waals surface area contributed by atoms with Crippen LogP contribution in [-0.4, -0.2) is 18.4 Å². The zero-order chi connectivity index (χ0) is 14.0. The minimum atomic E-state index is -0.641. The smallest absolute Gasteiger partial charge is 0.312 e. The highest BCUT2D eigenvalue weighted by Gasteiger charge is 2.34. The van der Waals surface area contributed by atoms with Crippen LogP contribution in [0.3, 0.4) is 0 Å². The van der Waals surface area contributed by atoms with Gasteiger partial charge in [-0.1, -0.05) is 33.1 Å². The lowest BCUT2D eigenvalue weighted by Gasteiger charge is -2.24. The highest BCUT2D eigenvalue weighted by molar-refractivity contribution is 5.86. The van der Waals surface area contributed by atoms with Gasteiger partial charge in [0.05, 0.1) is 12.0 Å². The van der Waals surface area contributed by atoms with Gasteiger partial charge in [-0.2, -0.15) is 0 Å². The van der Waals surface area contributed by atoms with Crippen LogP contribution in [0.15, 0.2) is 0 Å². The Hall–Kier alpha value is -0.860. The molecule has 1 unspecified atom stereocenters. The lowest BCUT2D eigenvalue weighted by Crippen LogP contribution is -2.31. The third-order valence-corrected chi connectivity index (χ3v) is 3.45. The predicted molar refractivity (Wildman–Crippen MR) is 73.4 cm³/mol. The summed E-state index contributed by atoms with van der Waals surface area (Å²) in [6, 6.07) is 0. The molecule has 0 aliphatic rings. The summed E-state index contributed by atoms with van der Waals surface area (Å²) < 4.78 is 5.05. The molecule has 0 saturated carbocycles. The van der Waals surface area contributed by atoms with Crippen molar-refractivity contribution >= 4 is 11.8 Å². The summed E-state index contributed by atoms with van der Waals surface area (Å²) in [7, 11) is 0. The van der Waals surface area contributed by atoms with Gasteiger partial charge in [-0.25, -0.2) is 0 Å². The molecule has 0 aliphatic heterocycles. The Balaban J connectivity index is 4.17. The van der Waals surface area contributed by atoms with E-state index >= 15 is 0 Å². The average molecular weight is 256 g/mol. The number of esters is 1. The zero-order valence-electron chi connectivity index (χ0n) is 12.4. The van der Waals surface area contributed by atoms with Crippen LogP contribution in [-0.2, 0) is 14.3 Å². The standard InChI is InChI=1S/C15H28O3/c1-5-8-9-10-11-13(16)12-15(4,6-2)14(17)18-7-3/h5-12H2,1-4H3. The maximum Gasteiger partial charge on any atom is 0.312 e. The third-order valence-electron chi connectivity index (χ3n) is 3.45. The van der Waals surface area contributed by atoms with Gasteiger partial charge in [0.2, 0.25) is 0 Å². The summed E-state index contributed by atoms with van der Waals surface area (Å²) in [4.78, 5) is 23.7. The lowest BCUT2D eigenvalue weighted by atomic mass is 9.81. The molecule has 0 N–H and O–H groups in total. The van der Waals surface area contributed by atoms with Crippen LogP contribution in [0.1, 0.15) is 72.6 Å². The molecular formula is C15H28O3. The maximum absolute atomic E-state index is 11.9. The molecule has 0 saturated heterocycles. The second-order valence-corrected chi connectivity index (χ2v) is 5.16. The van der Waals surface area contributed by atoms with Crippen molar-refractivity contribution in [3.63, 3.8) is 0 Å². The molecule has 0 aromatic carbocycles. The number of carbonyl (C=O) groups excluding carboxylic acids is 2. The summed E-state index contributed by atoms with van der Waals surface area (Å²) in [5.74, 6) is -0.0575. The Morgan fingerprint density at radius 3 is 2.22 bits per heavy atom. The number of hydrogen-bond donors (Lipinski definition) is 0. The summed E-state index contributed by atoms with van der Waals surface area (Å²) in [5, 5.41) is 0. The highest BCUT2D eigenvalue weighted by atomic mass is 16.5. The van der Waals surface area contributed by atoms with E-state index in [0.29, 0.717) is 25.9 Å². The highest BCUT2D eigenvalue weighted by Crippen LogP contribution is 2.28. The molecule has 0 aromatic rings. The van der Waals surface area contributed by atoms with Gasteiger partial charge in [-0.3, -0.25) is 9.59 Å². The minimum absolute atomic E-state index is 0.184. The zero-order valence-corrected chi connectivity index (χ0v) is 12.4. The van der Waals surface area contributed by atoms with Crippen LogP contribution in [0.25, 0.3) is 0 Å². The Morgan fingerprint density at radius 1 is 1.06 bits per heavy atom. The van der Waals surface area contributed by atoms with E-state index in [9.17, 15) is 9.59 Å². The average Bonchev–Trinajstić information content (AvgIpc) is 2.34. The van der Waals surface area contributed by atoms with Gasteiger partial charge >= 0.3 is 5.97 Å². The normalized spacial score (nSPS) is 14.0. The van der Waals surface area contributed by atoms with E-state index in [1.54, 1.807) is 6.92 Å². The molecule has 0 aromatic heterocycles. The van der Waals surface area contributed by atoms with Gasteiger partial charge in [-0.05, 0) is 26.7 Å². The summed E-state index contributed by atoms with van der Waals surface area (Å²) in [6.45, 7) is 8.08. The number of unbranched alkanes of at least 4 members (excludes halogenated alkanes) is 3. The van der Waals surface area contributed by atoms with Crippen LogP contribution in [0.2, 0.25) is 0 Å². The molecule has 0 heterocycles. The molecule has 18 heavy (non-hydrogen) atoms. The van der Waals surface area contributed by atoms with E-state index < -0.39 is 5.41 Å². The topological polar surface area (TPSA) is 43.4 Å². The fourth-order valence-corrected chi connectivity index (χ4v) is 1.92. The second kappa shape index (κ2) is 9.12. The Bertz CT molecular complexity index is 260. The first-order chi connectivity index (χ1) is 8.50. The number of ether oxygens (including phenoxy) is 1. The predicted octanol–water partition coefficient (Wildman–Crippen LogP) is 3.90. The van der Waals surface area contributed by atoms with Crippen LogP contribution in [0, 0.1) is 5.41 Å². The summed E-state index contributed by atoms with van der Waals surface area (Å²) >= 11 is 0. The van der Waals surface area contributed by atoms with Gasteiger partial charge < -0.3 is 4.74 Å². The van der Waals surface area contributed by atoms with Crippen molar-refractivity contribution in [3.05, 3.63) is 0 Å². The second-order valence-electron chi connectivity index (χ2n) is 5.16. The molecule has 1 atom stereocenters. The molecule has 0 fully saturated rings. The van der Waals surface area contributed by atoms with Gasteiger partial charge in [0.25, 0.3) is 0 Å². The molecule has 0 aliphatic carbocycles. The first-order valence-corrected chi connectivity index (χ1v) is 7.19. The fraction of sp³-hybridized carbons (Fsp3) is 0.867. The molecule has 3 heteroatoms. The number of ketones is 1. The van der Waals surface area contributed by atoms with Crippen LogP contribution < -0.4 is 0 Å². The minimum Gasteiger partial charge on any atom is -0.466 e. The molecular weight excluding hydrogens is 228 g/mol. The quantitative estimate of drug-likeness (QED) is 0.440. The van der Waals surface area contributed by atoms with Crippen LogP contribution in [0.4, 0.5) is 0 Å². The van der Waals surface area contributed by atoms with Crippen molar-refractivity contribution < 1.29 is 14.3 Å². The SMILES string of the molecule is CCCCCCC(=O)CC(C)(CC)C(=O)OCC. The molecule has 0 bridgehead atoms. The maximum atomic E-state index is 11.9. The largest absolute Gasteiger partial charge is 0.466 e. The monoisotopic (exact) mass is 256 g/mol. The van der Waals surface area contributed by atoms with E-state index in [0.717, 1.165) is 12.8 Å². The van der Waals surface area contributed by atoms with Gasteiger partial charge in [0, 0.05) is 12.8 Å². The van der Waals surface area contributed by atoms with E-state index in [4.69, 9.17) is 4.74 Å². The number of rotatable bonds is 10. The van der Waals surface area contributed by atoms with Crippen molar-refractivity contribution in [3.8, 4) is 0 Å². The molecule has 0 radical (unpaired) electrons. The van der Waals surface area contributed by atoms with E-state index in [1.807, 2.05) is 13.8 Å². The molecule has 0 rings (SSSR count). The van der Waals surface area contributed by atoms with Gasteiger partial charge in [0.1, 0.15) is 5.78 Å². The first-order valence-electron chi connectivity index (χ1n) is 7.19. The van der Waals surface area contributed by atoms with Crippen molar-refractivity contribution in [2.24, 2.45) is 5.41 Å². The van der Waals surface area contributed by atoms with Gasteiger partial charge in [0.15, 0.2) is 0 Å². The van der Waals surface area contributed by atoms with Crippen molar-refractivity contribution in [2.75, 3.05) is 6.61 Å². The Kier molecular flexibility index (Phi) is 8.69. The van der Waals surface area contributed by atoms with E-state index in [-0.39, 0.29) is 11.8 Å². The number of carbonyl (C=O) groups is 2. The molecule has 3 nitrogen and oxygen atoms in total. The Morgan fingerprint density at radius 2 is 1.72 bits per heavy atom. The fourth-order valence-electron chi connectivity index (χ4n) is 1.92. The number of Topliss-reactive ketones (excluding diaryl/α,β-unsaturated/α-hetero) is 1. The van der Waals surface area contributed by atoms with Crippen molar-refractivity contribution in [1.29, 1.82) is 0 Å². The third kappa shape index (κ3) is 6.18. The number of hydrogen-bond acceptors (Lipinski definition) is 3. The van der Waals surface area contributed by atoms with Crippen LogP contribution >= 0.6 is 0 Å². The van der Waals surface area contributed by atoms with E-state index in [2.05, 4.69) is 6.92 Å². The summed E-state index contributed by atoms with van der Waals surface area (Å²) in [5.41, 5.74) is -0.641. The molecule has 106 valence electrons. The van der Waals surface area contributed by atoms with Crippen molar-refractivity contribution in [1.82, 2.24) is 0 Å². The van der Waals surface area contributed by atoms with Crippen molar-refractivity contribution in [2.45, 2.75) is 72.6 Å². The molecule has 0 spiro atoms. The van der Waals surface area contributed by atoms with E-state index in [1.165, 1.54) is 12.8 Å². The Labute approximate surface area is 111 Å².